The molecule has 1 N–H and O–H groups in total. The minimum Gasteiger partial charge on any atom is -0.349 e. The maximum Gasteiger partial charge on any atom is 0.221 e. The van der Waals surface area contributed by atoms with Gasteiger partial charge in [-0.25, -0.2) is 8.42 Å². The van der Waals surface area contributed by atoms with Crippen LogP contribution in [0.2, 0.25) is 0 Å². The number of carbonyl (C=O) groups excluding carboxylic acids is 1. The van der Waals surface area contributed by atoms with Crippen molar-refractivity contribution in [2.24, 2.45) is 0 Å². The van der Waals surface area contributed by atoms with Crippen LogP contribution >= 0.6 is 0 Å². The van der Waals surface area contributed by atoms with Gasteiger partial charge in [-0.1, -0.05) is 30.3 Å². The van der Waals surface area contributed by atoms with Gasteiger partial charge in [0, 0.05) is 19.2 Å². The summed E-state index contributed by atoms with van der Waals surface area (Å²) in [5.41, 5.74) is 1.21. The Morgan fingerprint density at radius 2 is 2.00 bits per heavy atom. The molecule has 1 amide bonds. The number of benzene rings is 1. The highest BCUT2D eigenvalue weighted by Gasteiger charge is 2.10. The molecule has 0 spiro atoms. The van der Waals surface area contributed by atoms with E-state index < -0.39 is 9.84 Å². The quantitative estimate of drug-likeness (QED) is 0.761. The number of sulfone groups is 1. The van der Waals surface area contributed by atoms with Gasteiger partial charge in [0.1, 0.15) is 16.2 Å². The summed E-state index contributed by atoms with van der Waals surface area (Å²) in [7, 11) is -3.13. The summed E-state index contributed by atoms with van der Waals surface area (Å²) < 4.78 is 24.0. The second kappa shape index (κ2) is 7.87. The molecule has 0 atom stereocenters. The van der Waals surface area contributed by atoms with Crippen molar-refractivity contribution in [3.8, 4) is 0 Å². The van der Waals surface area contributed by atoms with Gasteiger partial charge in [0.15, 0.2) is 5.82 Å². The van der Waals surface area contributed by atoms with Gasteiger partial charge in [-0.05, 0) is 12.0 Å². The van der Waals surface area contributed by atoms with Crippen LogP contribution < -0.4 is 5.32 Å². The van der Waals surface area contributed by atoms with Gasteiger partial charge in [0.2, 0.25) is 5.91 Å². The number of hydrogen-bond donors (Lipinski definition) is 1. The fraction of sp³-hybridized carbons (Fsp3) is 0.400. The number of nitrogens with one attached hydrogen (secondary N) is 1. The van der Waals surface area contributed by atoms with Crippen molar-refractivity contribution in [2.45, 2.75) is 25.9 Å². The Kier molecular flexibility index (Phi) is 5.86. The molecule has 124 valence electrons. The molecule has 0 saturated heterocycles. The fourth-order valence-electron chi connectivity index (χ4n) is 2.04. The van der Waals surface area contributed by atoms with Crippen LogP contribution in [-0.2, 0) is 34.1 Å². The fourth-order valence-corrected chi connectivity index (χ4v) is 2.60. The predicted molar refractivity (Wildman–Crippen MR) is 86.3 cm³/mol. The smallest absolute Gasteiger partial charge is 0.221 e. The summed E-state index contributed by atoms with van der Waals surface area (Å²) in [5.74, 6) is 0.182. The van der Waals surface area contributed by atoms with E-state index in [1.165, 1.54) is 5.56 Å². The maximum absolute atomic E-state index is 11.6. The van der Waals surface area contributed by atoms with E-state index in [-0.39, 0.29) is 24.6 Å². The number of nitrogens with zero attached hydrogens (tertiary/aromatic N) is 3. The van der Waals surface area contributed by atoms with Crippen molar-refractivity contribution in [3.05, 3.63) is 48.0 Å². The van der Waals surface area contributed by atoms with E-state index in [0.29, 0.717) is 12.4 Å². The monoisotopic (exact) mass is 336 g/mol. The second-order valence-corrected chi connectivity index (χ2v) is 7.59. The van der Waals surface area contributed by atoms with Crippen LogP contribution in [0.15, 0.2) is 36.7 Å². The molecule has 1 aromatic carbocycles. The zero-order valence-corrected chi connectivity index (χ0v) is 13.8. The Labute approximate surface area is 135 Å². The average Bonchev–Trinajstić information content (AvgIpc) is 2.97. The predicted octanol–water partition coefficient (Wildman–Crippen LogP) is 0.572. The lowest BCUT2D eigenvalue weighted by Gasteiger charge is -2.08. The average molecular weight is 336 g/mol. The van der Waals surface area contributed by atoms with E-state index in [1.54, 1.807) is 6.33 Å². The Hall–Kier alpha value is -2.22. The van der Waals surface area contributed by atoms with Gasteiger partial charge in [0.25, 0.3) is 0 Å². The summed E-state index contributed by atoms with van der Waals surface area (Å²) in [6.45, 7) is 0.947. The lowest BCUT2D eigenvalue weighted by molar-refractivity contribution is -0.120. The van der Waals surface area contributed by atoms with Crippen molar-refractivity contribution < 1.29 is 13.2 Å². The minimum absolute atomic E-state index is 0.0447. The van der Waals surface area contributed by atoms with Crippen LogP contribution in [0.3, 0.4) is 0 Å². The number of hydrogen-bond acceptors (Lipinski definition) is 5. The third-order valence-electron chi connectivity index (χ3n) is 3.32. The van der Waals surface area contributed by atoms with E-state index >= 15 is 0 Å². The summed E-state index contributed by atoms with van der Waals surface area (Å²) >= 11 is 0. The largest absolute Gasteiger partial charge is 0.349 e. The molecule has 0 aliphatic heterocycles. The molecule has 0 radical (unpaired) electrons. The van der Waals surface area contributed by atoms with Crippen molar-refractivity contribution in [1.82, 2.24) is 20.1 Å². The molecule has 2 aromatic rings. The normalized spacial score (nSPS) is 11.3. The molecule has 23 heavy (non-hydrogen) atoms. The molecule has 0 unspecified atom stereocenters. The Balaban J connectivity index is 1.82. The van der Waals surface area contributed by atoms with Crippen LogP contribution in [-0.4, -0.2) is 41.1 Å². The van der Waals surface area contributed by atoms with Crippen LogP contribution in [0.4, 0.5) is 0 Å². The molecule has 0 bridgehead atoms. The molecular weight excluding hydrogens is 316 g/mol. The van der Waals surface area contributed by atoms with Crippen LogP contribution in [0, 0.1) is 0 Å². The van der Waals surface area contributed by atoms with Gasteiger partial charge in [0.05, 0.1) is 12.3 Å². The van der Waals surface area contributed by atoms with Crippen molar-refractivity contribution in [2.75, 3.05) is 12.0 Å². The molecule has 0 aliphatic carbocycles. The highest BCUT2D eigenvalue weighted by Crippen LogP contribution is 2.03. The Morgan fingerprint density at radius 3 is 2.70 bits per heavy atom. The van der Waals surface area contributed by atoms with Crippen molar-refractivity contribution >= 4 is 15.7 Å². The molecule has 0 fully saturated rings. The Morgan fingerprint density at radius 1 is 1.26 bits per heavy atom. The summed E-state index contributed by atoms with van der Waals surface area (Å²) in [6, 6.07) is 10.1. The van der Waals surface area contributed by atoms with Crippen LogP contribution in [0.5, 0.6) is 0 Å². The third kappa shape index (κ3) is 6.19. The van der Waals surface area contributed by atoms with E-state index in [2.05, 4.69) is 27.6 Å². The molecule has 1 aromatic heterocycles. The summed E-state index contributed by atoms with van der Waals surface area (Å²) in [6.07, 6.45) is 3.53. The number of carbonyl (C=O) groups is 1. The van der Waals surface area contributed by atoms with Crippen LogP contribution in [0.25, 0.3) is 0 Å². The van der Waals surface area contributed by atoms with E-state index in [9.17, 15) is 13.2 Å². The number of aryl methyl sites for hydroxylation is 2. The highest BCUT2D eigenvalue weighted by atomic mass is 32.2. The van der Waals surface area contributed by atoms with Gasteiger partial charge in [-0.2, -0.15) is 0 Å². The van der Waals surface area contributed by atoms with E-state index in [0.717, 1.165) is 12.7 Å². The zero-order valence-electron chi connectivity index (χ0n) is 13.0. The first-order chi connectivity index (χ1) is 10.9. The molecule has 0 aliphatic rings. The van der Waals surface area contributed by atoms with Gasteiger partial charge in [-0.15, -0.1) is 10.2 Å². The molecule has 2 rings (SSSR count). The van der Waals surface area contributed by atoms with Gasteiger partial charge >= 0.3 is 0 Å². The Bertz CT molecular complexity index is 741. The minimum atomic E-state index is -3.13. The molecule has 7 nitrogen and oxygen atoms in total. The van der Waals surface area contributed by atoms with Gasteiger partial charge in [-0.3, -0.25) is 4.79 Å². The standard InChI is InChI=1S/C15H20N4O3S/c1-23(21,22)10-8-15(20)16-11-14-18-17-12-19(14)9-7-13-5-3-2-4-6-13/h2-6,12H,7-11H2,1H3,(H,16,20). The SMILES string of the molecule is CS(=O)(=O)CCC(=O)NCc1nncn1CCc1ccccc1. The van der Waals surface area contributed by atoms with Crippen molar-refractivity contribution in [1.29, 1.82) is 0 Å². The lowest BCUT2D eigenvalue weighted by atomic mass is 10.1. The summed E-state index contributed by atoms with van der Waals surface area (Å²) in [5, 5.41) is 10.5. The molecule has 0 saturated carbocycles. The van der Waals surface area contributed by atoms with E-state index in [1.807, 2.05) is 22.8 Å². The lowest BCUT2D eigenvalue weighted by Crippen LogP contribution is -2.26. The topological polar surface area (TPSA) is 93.9 Å². The first-order valence-electron chi connectivity index (χ1n) is 7.29. The van der Waals surface area contributed by atoms with Crippen LogP contribution in [0.1, 0.15) is 17.8 Å². The third-order valence-corrected chi connectivity index (χ3v) is 4.27. The maximum atomic E-state index is 11.6. The van der Waals surface area contributed by atoms with Crippen molar-refractivity contribution in [3.63, 3.8) is 0 Å². The molecular formula is C15H20N4O3S. The number of amides is 1. The second-order valence-electron chi connectivity index (χ2n) is 5.33. The van der Waals surface area contributed by atoms with Gasteiger partial charge < -0.3 is 9.88 Å². The molecule has 1 heterocycles. The number of aromatic nitrogens is 3. The summed E-state index contributed by atoms with van der Waals surface area (Å²) in [4.78, 5) is 11.6. The first-order valence-corrected chi connectivity index (χ1v) is 9.35. The van der Waals surface area contributed by atoms with E-state index in [4.69, 9.17) is 0 Å². The molecule has 8 heteroatoms. The highest BCUT2D eigenvalue weighted by molar-refractivity contribution is 7.90. The zero-order chi connectivity index (χ0) is 16.7. The number of rotatable bonds is 8. The first kappa shape index (κ1) is 17.1.